The largest absolute Gasteiger partial charge is 0.340 e. The van der Waals surface area contributed by atoms with E-state index >= 15 is 0 Å². The number of halogens is 2. The van der Waals surface area contributed by atoms with E-state index in [-0.39, 0.29) is 21.9 Å². The number of rotatable bonds is 4. The van der Waals surface area contributed by atoms with Crippen LogP contribution in [-0.2, 0) is 6.54 Å². The number of hydrogen-bond acceptors (Lipinski definition) is 4. The molecule has 3 heterocycles. The summed E-state index contributed by atoms with van der Waals surface area (Å²) in [5, 5.41) is 0.776. The van der Waals surface area contributed by atoms with Crippen molar-refractivity contribution >= 4 is 50.9 Å². The number of pyridine rings is 3. The molecule has 0 saturated carbocycles. The molecule has 0 N–H and O–H groups in total. The van der Waals surface area contributed by atoms with Gasteiger partial charge in [-0.2, -0.15) is 0 Å². The lowest BCUT2D eigenvalue weighted by molar-refractivity contribution is 0.103. The summed E-state index contributed by atoms with van der Waals surface area (Å²) >= 11 is 7.96. The Balaban J connectivity index is 1.87. The van der Waals surface area contributed by atoms with Crippen LogP contribution in [0.4, 0.5) is 0 Å². The zero-order chi connectivity index (χ0) is 19.7. The van der Waals surface area contributed by atoms with Crippen LogP contribution in [0.5, 0.6) is 0 Å². The maximum absolute atomic E-state index is 13.0. The highest BCUT2D eigenvalue weighted by Crippen LogP contribution is 2.16. The second kappa shape index (κ2) is 7.81. The molecule has 0 atom stereocenters. The summed E-state index contributed by atoms with van der Waals surface area (Å²) in [4.78, 5) is 34.4. The van der Waals surface area contributed by atoms with Crippen molar-refractivity contribution in [3.8, 4) is 0 Å². The predicted octanol–water partition coefficient (Wildman–Crippen LogP) is 4.33. The molecule has 0 aliphatic heterocycles. The van der Waals surface area contributed by atoms with E-state index in [0.717, 1.165) is 14.9 Å². The van der Waals surface area contributed by atoms with Crippen LogP contribution in [-0.4, -0.2) is 20.3 Å². The van der Waals surface area contributed by atoms with E-state index in [0.29, 0.717) is 17.5 Å². The SMILES string of the molecule is O=C(c1ccc(Cl)nc1)c1cn(Cc2cccc(I)n2)c2ccccc2c1=O. The van der Waals surface area contributed by atoms with Crippen LogP contribution in [0, 0.1) is 3.70 Å². The van der Waals surface area contributed by atoms with Crippen molar-refractivity contribution in [2.24, 2.45) is 0 Å². The highest BCUT2D eigenvalue weighted by molar-refractivity contribution is 14.1. The van der Waals surface area contributed by atoms with E-state index in [2.05, 4.69) is 32.6 Å². The molecule has 4 aromatic rings. The van der Waals surface area contributed by atoms with E-state index in [1.807, 2.05) is 34.9 Å². The lowest BCUT2D eigenvalue weighted by atomic mass is 10.0. The molecule has 7 heteroatoms. The molecule has 1 aromatic carbocycles. The van der Waals surface area contributed by atoms with Crippen LogP contribution in [0.25, 0.3) is 10.9 Å². The third-order valence-electron chi connectivity index (χ3n) is 4.33. The zero-order valence-electron chi connectivity index (χ0n) is 14.5. The van der Waals surface area contributed by atoms with Gasteiger partial charge in [0.05, 0.1) is 23.3 Å². The summed E-state index contributed by atoms with van der Waals surface area (Å²) < 4.78 is 2.76. The van der Waals surface area contributed by atoms with Crippen LogP contribution >= 0.6 is 34.2 Å². The second-order valence-electron chi connectivity index (χ2n) is 6.17. The summed E-state index contributed by atoms with van der Waals surface area (Å²) in [7, 11) is 0. The molecule has 3 aromatic heterocycles. The average Bonchev–Trinajstić information content (AvgIpc) is 2.70. The molecule has 0 radical (unpaired) electrons. The smallest absolute Gasteiger partial charge is 0.200 e. The van der Waals surface area contributed by atoms with E-state index in [9.17, 15) is 9.59 Å². The normalized spacial score (nSPS) is 10.9. The number of hydrogen-bond donors (Lipinski definition) is 0. The molecular formula is C21H13ClIN3O2. The van der Waals surface area contributed by atoms with Crippen LogP contribution in [0.1, 0.15) is 21.6 Å². The van der Waals surface area contributed by atoms with Gasteiger partial charge in [-0.05, 0) is 59.0 Å². The Kier molecular flexibility index (Phi) is 5.23. The first-order valence-electron chi connectivity index (χ1n) is 8.43. The molecular weight excluding hydrogens is 489 g/mol. The topological polar surface area (TPSA) is 64.8 Å². The van der Waals surface area contributed by atoms with Gasteiger partial charge < -0.3 is 4.57 Å². The number of aromatic nitrogens is 3. The van der Waals surface area contributed by atoms with Crippen LogP contribution < -0.4 is 5.43 Å². The Bertz CT molecular complexity index is 1250. The molecule has 0 fully saturated rings. The van der Waals surface area contributed by atoms with Gasteiger partial charge in [0.1, 0.15) is 8.85 Å². The van der Waals surface area contributed by atoms with Crippen LogP contribution in [0.2, 0.25) is 5.15 Å². The van der Waals surface area contributed by atoms with Gasteiger partial charge in [-0.15, -0.1) is 0 Å². The van der Waals surface area contributed by atoms with Crippen molar-refractivity contribution in [1.82, 2.24) is 14.5 Å². The minimum atomic E-state index is -0.385. The van der Waals surface area contributed by atoms with E-state index in [4.69, 9.17) is 11.6 Å². The number of ketones is 1. The summed E-state index contributed by atoms with van der Waals surface area (Å²) in [6.07, 6.45) is 2.98. The highest BCUT2D eigenvalue weighted by Gasteiger charge is 2.17. The summed E-state index contributed by atoms with van der Waals surface area (Å²) in [6, 6.07) is 16.1. The van der Waals surface area contributed by atoms with Crippen molar-refractivity contribution < 1.29 is 4.79 Å². The predicted molar refractivity (Wildman–Crippen MR) is 117 cm³/mol. The van der Waals surface area contributed by atoms with E-state index < -0.39 is 0 Å². The molecule has 28 heavy (non-hydrogen) atoms. The first-order valence-corrected chi connectivity index (χ1v) is 9.88. The lowest BCUT2D eigenvalue weighted by Crippen LogP contribution is -2.20. The third kappa shape index (κ3) is 3.70. The Morgan fingerprint density at radius 1 is 1.07 bits per heavy atom. The van der Waals surface area contributed by atoms with Gasteiger partial charge in [-0.25, -0.2) is 9.97 Å². The number of para-hydroxylation sites is 1. The first kappa shape index (κ1) is 18.8. The van der Waals surface area contributed by atoms with Gasteiger partial charge in [0, 0.05) is 23.3 Å². The fourth-order valence-electron chi connectivity index (χ4n) is 3.02. The van der Waals surface area contributed by atoms with Crippen LogP contribution in [0.15, 0.2) is 71.8 Å². The monoisotopic (exact) mass is 501 g/mol. The number of benzene rings is 1. The average molecular weight is 502 g/mol. The molecule has 0 bridgehead atoms. The Hall–Kier alpha value is -2.58. The summed E-state index contributed by atoms with van der Waals surface area (Å²) in [5.41, 5.74) is 1.69. The Labute approximate surface area is 179 Å². The maximum Gasteiger partial charge on any atom is 0.200 e. The van der Waals surface area contributed by atoms with E-state index in [1.165, 1.54) is 12.3 Å². The highest BCUT2D eigenvalue weighted by atomic mass is 127. The molecule has 0 saturated heterocycles. The van der Waals surface area contributed by atoms with Crippen LogP contribution in [0.3, 0.4) is 0 Å². The lowest BCUT2D eigenvalue weighted by Gasteiger charge is -2.13. The first-order chi connectivity index (χ1) is 13.5. The Morgan fingerprint density at radius 2 is 1.89 bits per heavy atom. The summed E-state index contributed by atoms with van der Waals surface area (Å²) in [5.74, 6) is -0.385. The van der Waals surface area contributed by atoms with Gasteiger partial charge in [-0.1, -0.05) is 29.8 Å². The molecule has 0 amide bonds. The fraction of sp³-hybridized carbons (Fsp3) is 0.0476. The molecule has 0 aliphatic carbocycles. The number of nitrogens with zero attached hydrogens (tertiary/aromatic N) is 3. The minimum Gasteiger partial charge on any atom is -0.340 e. The van der Waals surface area contributed by atoms with Crippen molar-refractivity contribution in [1.29, 1.82) is 0 Å². The van der Waals surface area contributed by atoms with Gasteiger partial charge >= 0.3 is 0 Å². The third-order valence-corrected chi connectivity index (χ3v) is 5.15. The number of fused-ring (bicyclic) bond motifs is 1. The minimum absolute atomic E-state index is 0.0912. The van der Waals surface area contributed by atoms with Crippen molar-refractivity contribution in [3.05, 3.63) is 103 Å². The summed E-state index contributed by atoms with van der Waals surface area (Å²) in [6.45, 7) is 0.441. The standard InChI is InChI=1S/C21H13ClIN3O2/c22-18-9-8-13(10-24-18)20(27)16-12-26(11-14-4-3-7-19(23)25-14)17-6-2-1-5-15(17)21(16)28/h1-10,12H,11H2. The van der Waals surface area contributed by atoms with E-state index in [1.54, 1.807) is 24.4 Å². The van der Waals surface area contributed by atoms with Gasteiger partial charge in [0.25, 0.3) is 0 Å². The van der Waals surface area contributed by atoms with Crippen molar-refractivity contribution in [2.75, 3.05) is 0 Å². The molecule has 138 valence electrons. The molecule has 4 rings (SSSR count). The van der Waals surface area contributed by atoms with Gasteiger partial charge in [0.2, 0.25) is 5.43 Å². The Morgan fingerprint density at radius 3 is 2.64 bits per heavy atom. The van der Waals surface area contributed by atoms with Crippen molar-refractivity contribution in [3.63, 3.8) is 0 Å². The zero-order valence-corrected chi connectivity index (χ0v) is 17.4. The van der Waals surface area contributed by atoms with Gasteiger partial charge in [-0.3, -0.25) is 9.59 Å². The molecule has 0 unspecified atom stereocenters. The quantitative estimate of drug-likeness (QED) is 0.237. The molecule has 5 nitrogen and oxygen atoms in total. The van der Waals surface area contributed by atoms with Crippen molar-refractivity contribution in [2.45, 2.75) is 6.54 Å². The fourth-order valence-corrected chi connectivity index (χ4v) is 3.65. The molecule has 0 spiro atoms. The van der Waals surface area contributed by atoms with Gasteiger partial charge in [0.15, 0.2) is 5.78 Å². The number of carbonyl (C=O) groups is 1. The molecule has 0 aliphatic rings. The maximum atomic E-state index is 13.0. The number of carbonyl (C=O) groups excluding carboxylic acids is 1. The second-order valence-corrected chi connectivity index (χ2v) is 7.66.